The van der Waals surface area contributed by atoms with E-state index in [-0.39, 0.29) is 0 Å². The highest BCUT2D eigenvalue weighted by Gasteiger charge is 2.08. The van der Waals surface area contributed by atoms with Gasteiger partial charge in [0.25, 0.3) is 0 Å². The van der Waals surface area contributed by atoms with Crippen LogP contribution in [0.2, 0.25) is 0 Å². The number of benzene rings is 1. The maximum absolute atomic E-state index is 5.64. The van der Waals surface area contributed by atoms with E-state index in [4.69, 9.17) is 5.73 Å². The molecule has 0 bridgehead atoms. The summed E-state index contributed by atoms with van der Waals surface area (Å²) in [5, 5.41) is 1.22. The van der Waals surface area contributed by atoms with Crippen LogP contribution in [0.5, 0.6) is 0 Å². The minimum atomic E-state index is 0.676. The van der Waals surface area contributed by atoms with E-state index in [0.717, 1.165) is 38.1 Å². The van der Waals surface area contributed by atoms with Crippen LogP contribution in [0.25, 0.3) is 10.9 Å². The molecule has 0 radical (unpaired) electrons. The second-order valence-corrected chi connectivity index (χ2v) is 5.80. The predicted molar refractivity (Wildman–Crippen MR) is 85.5 cm³/mol. The lowest BCUT2D eigenvalue weighted by Gasteiger charge is -2.24. The Kier molecular flexibility index (Phi) is 5.50. The monoisotopic (exact) mass is 271 g/mol. The average molecular weight is 271 g/mol. The summed E-state index contributed by atoms with van der Waals surface area (Å²) in [7, 11) is 0. The quantitative estimate of drug-likeness (QED) is 0.841. The van der Waals surface area contributed by atoms with Crippen molar-refractivity contribution in [2.24, 2.45) is 11.7 Å². The van der Waals surface area contributed by atoms with Crippen LogP contribution in [0, 0.1) is 5.92 Å². The minimum Gasteiger partial charge on any atom is -0.330 e. The highest BCUT2D eigenvalue weighted by Crippen LogP contribution is 2.15. The molecule has 0 saturated heterocycles. The van der Waals surface area contributed by atoms with Crippen molar-refractivity contribution in [2.75, 3.05) is 19.6 Å². The highest BCUT2D eigenvalue weighted by atomic mass is 15.1. The first kappa shape index (κ1) is 14.9. The first-order chi connectivity index (χ1) is 9.69. The van der Waals surface area contributed by atoms with Crippen LogP contribution in [-0.2, 0) is 6.54 Å². The summed E-state index contributed by atoms with van der Waals surface area (Å²) in [6, 6.07) is 10.7. The van der Waals surface area contributed by atoms with Crippen molar-refractivity contribution in [3.8, 4) is 0 Å². The van der Waals surface area contributed by atoms with Gasteiger partial charge in [-0.2, -0.15) is 0 Å². The van der Waals surface area contributed by atoms with Crippen molar-refractivity contribution in [3.63, 3.8) is 0 Å². The van der Waals surface area contributed by atoms with Crippen LogP contribution in [0.15, 0.2) is 36.5 Å². The second-order valence-electron chi connectivity index (χ2n) is 5.80. The molecule has 2 N–H and O–H groups in total. The third kappa shape index (κ3) is 4.29. The molecule has 0 unspecified atom stereocenters. The lowest BCUT2D eigenvalue weighted by atomic mass is 10.1. The number of pyridine rings is 1. The average Bonchev–Trinajstić information content (AvgIpc) is 2.44. The summed E-state index contributed by atoms with van der Waals surface area (Å²) in [5.74, 6) is 0.676. The first-order valence-corrected chi connectivity index (χ1v) is 7.45. The maximum atomic E-state index is 5.64. The number of hydrogen-bond donors (Lipinski definition) is 1. The summed E-state index contributed by atoms with van der Waals surface area (Å²) < 4.78 is 0. The molecule has 0 aliphatic carbocycles. The van der Waals surface area contributed by atoms with Crippen LogP contribution in [0.4, 0.5) is 0 Å². The lowest BCUT2D eigenvalue weighted by molar-refractivity contribution is 0.235. The van der Waals surface area contributed by atoms with Gasteiger partial charge in [-0.3, -0.25) is 9.88 Å². The molecule has 108 valence electrons. The van der Waals surface area contributed by atoms with Gasteiger partial charge in [0.1, 0.15) is 0 Å². The molecule has 2 aromatic rings. The first-order valence-electron chi connectivity index (χ1n) is 7.45. The van der Waals surface area contributed by atoms with Crippen molar-refractivity contribution >= 4 is 10.9 Å². The Balaban J connectivity index is 2.10. The largest absolute Gasteiger partial charge is 0.330 e. The standard InChI is InChI=1S/C17H25N3/c1-14(2)12-20(10-4-8-18)13-15-6-7-17-16(11-15)5-3-9-19-17/h3,5-7,9,11,14H,4,8,10,12-13,18H2,1-2H3. The Morgan fingerprint density at radius 2 is 2.10 bits per heavy atom. The zero-order valence-corrected chi connectivity index (χ0v) is 12.5. The SMILES string of the molecule is CC(C)CN(CCCN)Cc1ccc2ncccc2c1. The fraction of sp³-hybridized carbons (Fsp3) is 0.471. The fourth-order valence-corrected chi connectivity index (χ4v) is 2.55. The van der Waals surface area contributed by atoms with E-state index in [1.54, 1.807) is 0 Å². The van der Waals surface area contributed by atoms with Gasteiger partial charge in [-0.05, 0) is 49.2 Å². The van der Waals surface area contributed by atoms with Crippen LogP contribution >= 0.6 is 0 Å². The van der Waals surface area contributed by atoms with Crippen molar-refractivity contribution in [2.45, 2.75) is 26.8 Å². The number of nitrogens with two attached hydrogens (primary N) is 1. The summed E-state index contributed by atoms with van der Waals surface area (Å²) in [6.07, 6.45) is 2.90. The number of aromatic nitrogens is 1. The molecule has 0 spiro atoms. The van der Waals surface area contributed by atoms with E-state index < -0.39 is 0 Å². The molecular weight excluding hydrogens is 246 g/mol. The molecule has 1 heterocycles. The molecule has 0 fully saturated rings. The topological polar surface area (TPSA) is 42.1 Å². The number of hydrogen-bond acceptors (Lipinski definition) is 3. The van der Waals surface area contributed by atoms with Gasteiger partial charge in [0, 0.05) is 24.7 Å². The summed E-state index contributed by atoms with van der Waals surface area (Å²) in [4.78, 5) is 6.86. The van der Waals surface area contributed by atoms with Crippen molar-refractivity contribution in [1.29, 1.82) is 0 Å². The normalized spacial score (nSPS) is 11.7. The van der Waals surface area contributed by atoms with Gasteiger partial charge in [-0.25, -0.2) is 0 Å². The van der Waals surface area contributed by atoms with Gasteiger partial charge >= 0.3 is 0 Å². The third-order valence-corrected chi connectivity index (χ3v) is 3.38. The fourth-order valence-electron chi connectivity index (χ4n) is 2.55. The Labute approximate surface area is 121 Å². The smallest absolute Gasteiger partial charge is 0.0702 e. The number of fused-ring (bicyclic) bond motifs is 1. The second kappa shape index (κ2) is 7.36. The van der Waals surface area contributed by atoms with E-state index in [1.807, 2.05) is 12.3 Å². The Morgan fingerprint density at radius 3 is 2.85 bits per heavy atom. The van der Waals surface area contributed by atoms with E-state index >= 15 is 0 Å². The number of rotatable bonds is 7. The van der Waals surface area contributed by atoms with Gasteiger partial charge < -0.3 is 5.73 Å². The molecule has 0 saturated carbocycles. The van der Waals surface area contributed by atoms with E-state index in [0.29, 0.717) is 5.92 Å². The molecule has 0 amide bonds. The van der Waals surface area contributed by atoms with Crippen LogP contribution in [0.1, 0.15) is 25.8 Å². The molecule has 3 nitrogen and oxygen atoms in total. The van der Waals surface area contributed by atoms with Crippen LogP contribution in [-0.4, -0.2) is 29.5 Å². The minimum absolute atomic E-state index is 0.676. The Hall–Kier alpha value is -1.45. The van der Waals surface area contributed by atoms with Gasteiger partial charge in [-0.15, -0.1) is 0 Å². The van der Waals surface area contributed by atoms with Gasteiger partial charge in [0.05, 0.1) is 5.52 Å². The molecule has 2 rings (SSSR count). The molecule has 0 aliphatic heterocycles. The number of nitrogens with zero attached hydrogens (tertiary/aromatic N) is 2. The van der Waals surface area contributed by atoms with E-state index in [2.05, 4.69) is 48.0 Å². The third-order valence-electron chi connectivity index (χ3n) is 3.38. The van der Waals surface area contributed by atoms with Crippen LogP contribution in [0.3, 0.4) is 0 Å². The molecule has 20 heavy (non-hydrogen) atoms. The van der Waals surface area contributed by atoms with Gasteiger partial charge in [0.2, 0.25) is 0 Å². The summed E-state index contributed by atoms with van der Waals surface area (Å²) in [6.45, 7) is 8.46. The van der Waals surface area contributed by atoms with E-state index in [9.17, 15) is 0 Å². The molecule has 3 heteroatoms. The van der Waals surface area contributed by atoms with Crippen molar-refractivity contribution < 1.29 is 0 Å². The maximum Gasteiger partial charge on any atom is 0.0702 e. The highest BCUT2D eigenvalue weighted by molar-refractivity contribution is 5.78. The predicted octanol–water partition coefficient (Wildman–Crippen LogP) is 3.04. The molecule has 1 aromatic heterocycles. The van der Waals surface area contributed by atoms with Gasteiger partial charge in [-0.1, -0.05) is 26.0 Å². The van der Waals surface area contributed by atoms with Crippen LogP contribution < -0.4 is 5.73 Å². The zero-order valence-electron chi connectivity index (χ0n) is 12.5. The molecule has 0 atom stereocenters. The van der Waals surface area contributed by atoms with Crippen molar-refractivity contribution in [3.05, 3.63) is 42.1 Å². The zero-order chi connectivity index (χ0) is 14.4. The Morgan fingerprint density at radius 1 is 1.25 bits per heavy atom. The summed E-state index contributed by atoms with van der Waals surface area (Å²) in [5.41, 5.74) is 8.05. The summed E-state index contributed by atoms with van der Waals surface area (Å²) >= 11 is 0. The van der Waals surface area contributed by atoms with Crippen molar-refractivity contribution in [1.82, 2.24) is 9.88 Å². The lowest BCUT2D eigenvalue weighted by Crippen LogP contribution is -2.29. The molecular formula is C17H25N3. The van der Waals surface area contributed by atoms with Gasteiger partial charge in [0.15, 0.2) is 0 Å². The Bertz CT molecular complexity index is 537. The van der Waals surface area contributed by atoms with E-state index in [1.165, 1.54) is 10.9 Å². The molecule has 0 aliphatic rings. The molecule has 1 aromatic carbocycles.